The van der Waals surface area contributed by atoms with E-state index in [1.54, 1.807) is 23.4 Å². The predicted molar refractivity (Wildman–Crippen MR) is 70.3 cm³/mol. The fraction of sp³-hybridized carbons (Fsp3) is 0.500. The second-order valence-corrected chi connectivity index (χ2v) is 4.14. The Kier molecular flexibility index (Phi) is 5.22. The van der Waals surface area contributed by atoms with E-state index in [2.05, 4.69) is 10.3 Å². The molecule has 0 aliphatic heterocycles. The number of amides is 1. The standard InChI is InChI=1S/C12H18ClN3O/c1-4-16(5-2)12(17)9(3)15-11-6-7-14-8-10(11)13/h6-9H,4-5H2,1-3H3,(H,14,15). The molecule has 1 unspecified atom stereocenters. The van der Waals surface area contributed by atoms with Crippen LogP contribution in [0.25, 0.3) is 0 Å². The number of carbonyl (C=O) groups excluding carboxylic acids is 1. The number of aromatic nitrogens is 1. The highest BCUT2D eigenvalue weighted by atomic mass is 35.5. The Bertz CT molecular complexity index is 380. The van der Waals surface area contributed by atoms with Crippen LogP contribution in [0.1, 0.15) is 20.8 Å². The Morgan fingerprint density at radius 3 is 2.71 bits per heavy atom. The summed E-state index contributed by atoms with van der Waals surface area (Å²) in [5.41, 5.74) is 0.731. The lowest BCUT2D eigenvalue weighted by Crippen LogP contribution is -2.41. The summed E-state index contributed by atoms with van der Waals surface area (Å²) < 4.78 is 0. The van der Waals surface area contributed by atoms with Crippen LogP contribution in [0.2, 0.25) is 5.02 Å². The van der Waals surface area contributed by atoms with Crippen molar-refractivity contribution in [1.82, 2.24) is 9.88 Å². The summed E-state index contributed by atoms with van der Waals surface area (Å²) in [6.07, 6.45) is 3.20. The van der Waals surface area contributed by atoms with E-state index in [-0.39, 0.29) is 11.9 Å². The Balaban J connectivity index is 2.69. The predicted octanol–water partition coefficient (Wildman–Crippen LogP) is 2.40. The molecule has 0 spiro atoms. The fourth-order valence-electron chi connectivity index (χ4n) is 1.60. The minimum atomic E-state index is -0.296. The van der Waals surface area contributed by atoms with Gasteiger partial charge in [0.05, 0.1) is 10.7 Å². The number of halogens is 1. The number of rotatable bonds is 5. The topological polar surface area (TPSA) is 45.2 Å². The lowest BCUT2D eigenvalue weighted by molar-refractivity contribution is -0.131. The van der Waals surface area contributed by atoms with E-state index in [0.717, 1.165) is 5.69 Å². The van der Waals surface area contributed by atoms with Crippen LogP contribution < -0.4 is 5.32 Å². The lowest BCUT2D eigenvalue weighted by atomic mass is 10.2. The highest BCUT2D eigenvalue weighted by molar-refractivity contribution is 6.33. The van der Waals surface area contributed by atoms with Gasteiger partial charge in [-0.25, -0.2) is 0 Å². The van der Waals surface area contributed by atoms with Crippen molar-refractivity contribution >= 4 is 23.2 Å². The molecule has 1 heterocycles. The number of nitrogens with zero attached hydrogens (tertiary/aromatic N) is 2. The molecule has 17 heavy (non-hydrogen) atoms. The maximum Gasteiger partial charge on any atom is 0.244 e. The second-order valence-electron chi connectivity index (χ2n) is 3.73. The quantitative estimate of drug-likeness (QED) is 0.879. The summed E-state index contributed by atoms with van der Waals surface area (Å²) in [6.45, 7) is 7.19. The van der Waals surface area contributed by atoms with E-state index in [9.17, 15) is 4.79 Å². The van der Waals surface area contributed by atoms with Gasteiger partial charge in [-0.05, 0) is 26.8 Å². The van der Waals surface area contributed by atoms with Crippen LogP contribution >= 0.6 is 11.6 Å². The normalized spacial score (nSPS) is 12.0. The van der Waals surface area contributed by atoms with E-state index >= 15 is 0 Å². The first-order chi connectivity index (χ1) is 8.10. The number of anilines is 1. The number of carbonyl (C=O) groups is 1. The number of likely N-dealkylation sites (N-methyl/N-ethyl adjacent to an activating group) is 1. The van der Waals surface area contributed by atoms with Crippen molar-refractivity contribution in [1.29, 1.82) is 0 Å². The summed E-state index contributed by atoms with van der Waals surface area (Å²) in [5, 5.41) is 3.62. The Morgan fingerprint density at radius 1 is 1.53 bits per heavy atom. The molecule has 1 aromatic rings. The third-order valence-electron chi connectivity index (χ3n) is 2.59. The van der Waals surface area contributed by atoms with Crippen LogP contribution in [0.3, 0.4) is 0 Å². The number of nitrogens with one attached hydrogen (secondary N) is 1. The lowest BCUT2D eigenvalue weighted by Gasteiger charge is -2.24. The number of hydrogen-bond donors (Lipinski definition) is 1. The van der Waals surface area contributed by atoms with E-state index in [1.807, 2.05) is 20.8 Å². The summed E-state index contributed by atoms with van der Waals surface area (Å²) in [7, 11) is 0. The SMILES string of the molecule is CCN(CC)C(=O)C(C)Nc1ccncc1Cl. The van der Waals surface area contributed by atoms with E-state index in [0.29, 0.717) is 18.1 Å². The zero-order valence-corrected chi connectivity index (χ0v) is 11.2. The van der Waals surface area contributed by atoms with Gasteiger partial charge in [-0.3, -0.25) is 9.78 Å². The first-order valence-electron chi connectivity index (χ1n) is 5.75. The molecule has 1 amide bonds. The molecule has 94 valence electrons. The molecular weight excluding hydrogens is 238 g/mol. The van der Waals surface area contributed by atoms with Gasteiger partial charge in [-0.1, -0.05) is 11.6 Å². The molecular formula is C12H18ClN3O. The molecule has 1 atom stereocenters. The molecule has 0 saturated heterocycles. The molecule has 4 nitrogen and oxygen atoms in total. The first kappa shape index (κ1) is 13.8. The van der Waals surface area contributed by atoms with Crippen LogP contribution in [0.15, 0.2) is 18.5 Å². The van der Waals surface area contributed by atoms with Crippen LogP contribution in [0.5, 0.6) is 0 Å². The van der Waals surface area contributed by atoms with Crippen LogP contribution in [0.4, 0.5) is 5.69 Å². The third-order valence-corrected chi connectivity index (χ3v) is 2.89. The van der Waals surface area contributed by atoms with Crippen molar-refractivity contribution in [3.05, 3.63) is 23.5 Å². The number of pyridine rings is 1. The summed E-state index contributed by atoms with van der Waals surface area (Å²) in [5.74, 6) is 0.0721. The van der Waals surface area contributed by atoms with E-state index in [4.69, 9.17) is 11.6 Å². The monoisotopic (exact) mass is 255 g/mol. The van der Waals surface area contributed by atoms with Crippen LogP contribution in [-0.4, -0.2) is 34.9 Å². The first-order valence-corrected chi connectivity index (χ1v) is 6.12. The molecule has 0 saturated carbocycles. The molecule has 1 aromatic heterocycles. The van der Waals surface area contributed by atoms with Crippen molar-refractivity contribution < 1.29 is 4.79 Å². The molecule has 5 heteroatoms. The molecule has 0 aliphatic carbocycles. The molecule has 0 aromatic carbocycles. The van der Waals surface area contributed by atoms with Gasteiger partial charge < -0.3 is 10.2 Å². The average Bonchev–Trinajstić information content (AvgIpc) is 2.33. The molecule has 0 fully saturated rings. The maximum absolute atomic E-state index is 12.0. The Hall–Kier alpha value is -1.29. The van der Waals surface area contributed by atoms with Crippen LogP contribution in [-0.2, 0) is 4.79 Å². The minimum absolute atomic E-state index is 0.0721. The largest absolute Gasteiger partial charge is 0.373 e. The highest BCUT2D eigenvalue weighted by Crippen LogP contribution is 2.20. The van der Waals surface area contributed by atoms with Crippen molar-refractivity contribution in [2.24, 2.45) is 0 Å². The van der Waals surface area contributed by atoms with Gasteiger partial charge in [0.1, 0.15) is 6.04 Å². The van der Waals surface area contributed by atoms with Gasteiger partial charge in [0.25, 0.3) is 0 Å². The van der Waals surface area contributed by atoms with Gasteiger partial charge in [-0.2, -0.15) is 0 Å². The van der Waals surface area contributed by atoms with Crippen molar-refractivity contribution in [2.45, 2.75) is 26.8 Å². The zero-order valence-electron chi connectivity index (χ0n) is 10.4. The van der Waals surface area contributed by atoms with E-state index in [1.165, 1.54) is 0 Å². The molecule has 0 aliphatic rings. The zero-order chi connectivity index (χ0) is 12.8. The maximum atomic E-state index is 12.0. The van der Waals surface area contributed by atoms with Crippen LogP contribution in [0, 0.1) is 0 Å². The Morgan fingerprint density at radius 2 is 2.18 bits per heavy atom. The summed E-state index contributed by atoms with van der Waals surface area (Å²) >= 11 is 5.97. The smallest absolute Gasteiger partial charge is 0.244 e. The molecule has 1 rings (SSSR count). The minimum Gasteiger partial charge on any atom is -0.373 e. The molecule has 0 bridgehead atoms. The second kappa shape index (κ2) is 6.45. The summed E-state index contributed by atoms with van der Waals surface area (Å²) in [4.78, 5) is 17.7. The van der Waals surface area contributed by atoms with Gasteiger partial charge >= 0.3 is 0 Å². The van der Waals surface area contributed by atoms with Gasteiger partial charge in [0.15, 0.2) is 0 Å². The average molecular weight is 256 g/mol. The third kappa shape index (κ3) is 3.60. The van der Waals surface area contributed by atoms with Crippen molar-refractivity contribution in [2.75, 3.05) is 18.4 Å². The Labute approximate surface area is 107 Å². The molecule has 0 radical (unpaired) electrons. The van der Waals surface area contributed by atoms with E-state index < -0.39 is 0 Å². The highest BCUT2D eigenvalue weighted by Gasteiger charge is 2.18. The molecule has 1 N–H and O–H groups in total. The fourth-order valence-corrected chi connectivity index (χ4v) is 1.77. The van der Waals surface area contributed by atoms with Crippen molar-refractivity contribution in [3.8, 4) is 0 Å². The van der Waals surface area contributed by atoms with Gasteiger partial charge in [0, 0.05) is 25.5 Å². The number of hydrogen-bond acceptors (Lipinski definition) is 3. The summed E-state index contributed by atoms with van der Waals surface area (Å²) in [6, 6.07) is 1.46. The van der Waals surface area contributed by atoms with Crippen molar-refractivity contribution in [3.63, 3.8) is 0 Å². The van der Waals surface area contributed by atoms with Gasteiger partial charge in [-0.15, -0.1) is 0 Å². The van der Waals surface area contributed by atoms with Gasteiger partial charge in [0.2, 0.25) is 5.91 Å².